The molecule has 4 rings (SSSR count). The van der Waals surface area contributed by atoms with Gasteiger partial charge in [0.2, 0.25) is 5.95 Å². The number of hydrogen-bond acceptors (Lipinski definition) is 6. The van der Waals surface area contributed by atoms with Gasteiger partial charge in [-0.05, 0) is 17.7 Å². The number of aromatic nitrogens is 4. The first-order valence-electron chi connectivity index (χ1n) is 10.6. The van der Waals surface area contributed by atoms with Gasteiger partial charge in [-0.15, -0.1) is 0 Å². The van der Waals surface area contributed by atoms with E-state index in [1.807, 2.05) is 0 Å². The highest BCUT2D eigenvalue weighted by Crippen LogP contribution is 2.22. The molecule has 0 amide bonds. The predicted molar refractivity (Wildman–Crippen MR) is 109 cm³/mol. The van der Waals surface area contributed by atoms with Crippen LogP contribution in [0.3, 0.4) is 0 Å². The van der Waals surface area contributed by atoms with Crippen LogP contribution in [0.25, 0.3) is 11.2 Å². The number of anilines is 1. The van der Waals surface area contributed by atoms with Crippen LogP contribution in [0, 0.1) is 0 Å². The number of aromatic amines is 1. The molecular weight excluding hydrogens is 403 g/mol. The molecule has 0 spiro atoms. The van der Waals surface area contributed by atoms with E-state index in [1.165, 1.54) is 15.8 Å². The Morgan fingerprint density at radius 3 is 3.07 bits per heavy atom. The fourth-order valence-electron chi connectivity index (χ4n) is 2.77. The predicted octanol–water partition coefficient (Wildman–Crippen LogP) is 2.37. The van der Waals surface area contributed by atoms with Gasteiger partial charge in [0.1, 0.15) is 0 Å². The Balaban J connectivity index is 1.52. The van der Waals surface area contributed by atoms with E-state index in [9.17, 15) is 4.79 Å². The molecule has 1 aliphatic heterocycles. The Labute approximate surface area is 177 Å². The molecule has 2 N–H and O–H groups in total. The number of rotatable bonds is 6. The minimum Gasteiger partial charge on any atom is -0.379 e. The maximum absolute atomic E-state index is 12.7. The highest BCUT2D eigenvalue weighted by Gasteiger charge is 2.14. The van der Waals surface area contributed by atoms with Crippen molar-refractivity contribution < 1.29 is 10.2 Å². The third-order valence-electron chi connectivity index (χ3n) is 4.21. The summed E-state index contributed by atoms with van der Waals surface area (Å²) in [6.07, 6.45) is 1.35. The van der Waals surface area contributed by atoms with Crippen LogP contribution in [0.4, 0.5) is 5.95 Å². The van der Waals surface area contributed by atoms with Crippen molar-refractivity contribution in [1.29, 1.82) is 0 Å². The summed E-state index contributed by atoms with van der Waals surface area (Å²) in [5.41, 5.74) is 0.659. The zero-order valence-corrected chi connectivity index (χ0v) is 16.2. The number of aryl methyl sites for hydroxylation is 1. The maximum Gasteiger partial charge on any atom is 0.278 e. The first-order chi connectivity index (χ1) is 15.0. The molecule has 1 aromatic carbocycles. The lowest BCUT2D eigenvalue weighted by molar-refractivity contribution is 0.0365. The van der Waals surface area contributed by atoms with E-state index >= 15 is 0 Å². The van der Waals surface area contributed by atoms with Crippen LogP contribution in [0.1, 0.15) is 11.0 Å². The molecule has 0 saturated carbocycles. The summed E-state index contributed by atoms with van der Waals surface area (Å²) in [7, 11) is 0. The second-order valence-corrected chi connectivity index (χ2v) is 6.95. The number of ether oxygens (including phenoxy) is 1. The van der Waals surface area contributed by atoms with E-state index in [4.69, 9.17) is 33.4 Å². The van der Waals surface area contributed by atoms with E-state index < -0.39 is 18.6 Å². The van der Waals surface area contributed by atoms with Crippen molar-refractivity contribution >= 4 is 40.3 Å². The Bertz CT molecular complexity index is 1200. The first kappa shape index (κ1) is 14.8. The molecular formula is C18H20Cl2N6O2. The standard InChI is InChI=1S/C18H20Cl2N6O2/c19-13-2-1-12(9-14(13)20)10-21-18-23-16-15(17(27)24-18)26(11-22-16)4-3-25-5-7-28-8-6-25/h1-2,9,11H,3-8,10H2,(H2,21,23,24,27)/i3D2,7D2. The van der Waals surface area contributed by atoms with Gasteiger partial charge < -0.3 is 14.6 Å². The Morgan fingerprint density at radius 2 is 2.25 bits per heavy atom. The average Bonchev–Trinajstić information content (AvgIpc) is 3.10. The zero-order valence-electron chi connectivity index (χ0n) is 18.7. The largest absolute Gasteiger partial charge is 0.379 e. The van der Waals surface area contributed by atoms with E-state index in [0.29, 0.717) is 16.6 Å². The summed E-state index contributed by atoms with van der Waals surface area (Å²) in [5.74, 6) is 0.211. The molecule has 0 unspecified atom stereocenters. The molecule has 1 aliphatic rings. The molecule has 3 heterocycles. The fraction of sp³-hybridized carbons (Fsp3) is 0.389. The highest BCUT2D eigenvalue weighted by atomic mass is 35.5. The molecule has 0 bridgehead atoms. The van der Waals surface area contributed by atoms with Gasteiger partial charge in [-0.3, -0.25) is 14.7 Å². The van der Waals surface area contributed by atoms with Crippen molar-refractivity contribution in [2.75, 3.05) is 38.1 Å². The zero-order chi connectivity index (χ0) is 23.1. The average molecular weight is 427 g/mol. The van der Waals surface area contributed by atoms with E-state index in [2.05, 4.69) is 20.3 Å². The number of imidazole rings is 1. The van der Waals surface area contributed by atoms with Crippen LogP contribution in [0.15, 0.2) is 29.3 Å². The van der Waals surface area contributed by atoms with Crippen LogP contribution in [0.5, 0.6) is 0 Å². The quantitative estimate of drug-likeness (QED) is 0.628. The van der Waals surface area contributed by atoms with Gasteiger partial charge in [-0.25, -0.2) is 4.98 Å². The summed E-state index contributed by atoms with van der Waals surface area (Å²) in [5, 5.41) is 3.87. The van der Waals surface area contributed by atoms with Crippen LogP contribution >= 0.6 is 23.2 Å². The fourth-order valence-corrected chi connectivity index (χ4v) is 3.09. The van der Waals surface area contributed by atoms with Crippen LogP contribution < -0.4 is 10.9 Å². The number of H-pyrrole nitrogens is 1. The normalized spacial score (nSPS) is 19.6. The molecule has 1 fully saturated rings. The molecule has 2 aromatic heterocycles. The van der Waals surface area contributed by atoms with E-state index in [0.717, 1.165) is 5.56 Å². The lowest BCUT2D eigenvalue weighted by Gasteiger charge is -2.26. The number of fused-ring (bicyclic) bond motifs is 1. The Hall–Kier alpha value is -2.13. The SMILES string of the molecule is [2H]C1([2H])CN(C([2H])([2H])Cn2cnc3nc(NCc4ccc(Cl)c(Cl)c4)[nH]c(=O)c32)CCO1. The van der Waals surface area contributed by atoms with Gasteiger partial charge in [0, 0.05) is 35.4 Å². The summed E-state index contributed by atoms with van der Waals surface area (Å²) < 4.78 is 38.7. The van der Waals surface area contributed by atoms with Gasteiger partial charge in [-0.1, -0.05) is 29.3 Å². The monoisotopic (exact) mass is 426 g/mol. The number of halogens is 2. The van der Waals surface area contributed by atoms with Gasteiger partial charge >= 0.3 is 0 Å². The van der Waals surface area contributed by atoms with Crippen LogP contribution in [-0.2, 0) is 17.8 Å². The van der Waals surface area contributed by atoms with Gasteiger partial charge in [0.05, 0.1) is 32.3 Å². The molecule has 3 aromatic rings. The van der Waals surface area contributed by atoms with Crippen molar-refractivity contribution in [2.24, 2.45) is 0 Å². The van der Waals surface area contributed by atoms with Crippen molar-refractivity contribution in [3.63, 3.8) is 0 Å². The second kappa shape index (κ2) is 8.48. The van der Waals surface area contributed by atoms with E-state index in [-0.39, 0.29) is 43.4 Å². The highest BCUT2D eigenvalue weighted by molar-refractivity contribution is 6.42. The topological polar surface area (TPSA) is 88.1 Å². The smallest absolute Gasteiger partial charge is 0.278 e. The first-order valence-corrected chi connectivity index (χ1v) is 9.32. The summed E-state index contributed by atoms with van der Waals surface area (Å²) in [4.78, 5) is 25.2. The van der Waals surface area contributed by atoms with Crippen molar-refractivity contribution in [2.45, 2.75) is 13.1 Å². The summed E-state index contributed by atoms with van der Waals surface area (Å²) in [6.45, 7) is -3.65. The molecule has 0 atom stereocenters. The summed E-state index contributed by atoms with van der Waals surface area (Å²) >= 11 is 11.9. The molecule has 10 heteroatoms. The molecule has 8 nitrogen and oxygen atoms in total. The van der Waals surface area contributed by atoms with Gasteiger partial charge in [-0.2, -0.15) is 4.98 Å². The van der Waals surface area contributed by atoms with Crippen LogP contribution in [-0.4, -0.2) is 57.2 Å². The third kappa shape index (κ3) is 4.30. The third-order valence-corrected chi connectivity index (χ3v) is 4.95. The number of hydrogen-bond donors (Lipinski definition) is 2. The minimum atomic E-state index is -1.93. The maximum atomic E-state index is 12.7. The number of nitrogens with one attached hydrogen (secondary N) is 2. The second-order valence-electron chi connectivity index (χ2n) is 6.13. The lowest BCUT2D eigenvalue weighted by Crippen LogP contribution is -2.38. The Kier molecular flexibility index (Phi) is 4.49. The lowest BCUT2D eigenvalue weighted by atomic mass is 10.2. The van der Waals surface area contributed by atoms with Crippen molar-refractivity contribution in [3.8, 4) is 0 Å². The molecule has 0 radical (unpaired) electrons. The van der Waals surface area contributed by atoms with Crippen molar-refractivity contribution in [3.05, 3.63) is 50.5 Å². The molecule has 1 saturated heterocycles. The Morgan fingerprint density at radius 1 is 1.36 bits per heavy atom. The van der Waals surface area contributed by atoms with Crippen molar-refractivity contribution in [1.82, 2.24) is 24.4 Å². The number of nitrogens with zero attached hydrogens (tertiary/aromatic N) is 4. The van der Waals surface area contributed by atoms with Gasteiger partial charge in [0.25, 0.3) is 5.56 Å². The molecule has 0 aliphatic carbocycles. The summed E-state index contributed by atoms with van der Waals surface area (Å²) in [6, 6.07) is 5.18. The molecule has 28 heavy (non-hydrogen) atoms. The minimum absolute atomic E-state index is 0.0766. The molecule has 148 valence electrons. The number of benzene rings is 1. The van der Waals surface area contributed by atoms with Crippen LogP contribution in [0.2, 0.25) is 10.0 Å². The number of morpholine rings is 1. The van der Waals surface area contributed by atoms with E-state index in [1.54, 1.807) is 18.2 Å². The van der Waals surface area contributed by atoms with Gasteiger partial charge in [0.15, 0.2) is 11.2 Å².